The minimum absolute atomic E-state index is 0.180. The monoisotopic (exact) mass is 338 g/mol. The molecule has 1 aromatic carbocycles. The Morgan fingerprint density at radius 3 is 2.48 bits per heavy atom. The number of rotatable bonds is 7. The SMILES string of the molecule is COCCc1ncc(-c2c(-c3ccccc3)ncn2CC(=O)O)cn1. The van der Waals surface area contributed by atoms with Gasteiger partial charge in [0.15, 0.2) is 0 Å². The summed E-state index contributed by atoms with van der Waals surface area (Å²) >= 11 is 0. The molecule has 0 bridgehead atoms. The summed E-state index contributed by atoms with van der Waals surface area (Å²) in [7, 11) is 1.63. The number of hydrogen-bond acceptors (Lipinski definition) is 5. The number of ether oxygens (including phenoxy) is 1. The van der Waals surface area contributed by atoms with E-state index in [1.807, 2.05) is 30.3 Å². The molecule has 0 atom stereocenters. The molecule has 0 saturated carbocycles. The van der Waals surface area contributed by atoms with Crippen LogP contribution in [-0.4, -0.2) is 44.3 Å². The van der Waals surface area contributed by atoms with Crippen molar-refractivity contribution in [3.63, 3.8) is 0 Å². The van der Waals surface area contributed by atoms with Gasteiger partial charge in [-0.05, 0) is 0 Å². The topological polar surface area (TPSA) is 90.1 Å². The molecule has 0 aliphatic rings. The van der Waals surface area contributed by atoms with E-state index in [4.69, 9.17) is 9.84 Å². The van der Waals surface area contributed by atoms with Gasteiger partial charge in [-0.15, -0.1) is 0 Å². The number of aliphatic carboxylic acids is 1. The van der Waals surface area contributed by atoms with Gasteiger partial charge in [0, 0.05) is 37.1 Å². The molecular formula is C18H18N4O3. The van der Waals surface area contributed by atoms with Crippen LogP contribution in [0.15, 0.2) is 49.1 Å². The summed E-state index contributed by atoms with van der Waals surface area (Å²) in [6, 6.07) is 9.62. The molecule has 0 spiro atoms. The van der Waals surface area contributed by atoms with Crippen LogP contribution in [0.1, 0.15) is 5.82 Å². The Balaban J connectivity index is 2.03. The summed E-state index contributed by atoms with van der Waals surface area (Å²) in [5, 5.41) is 9.17. The van der Waals surface area contributed by atoms with E-state index < -0.39 is 5.97 Å². The lowest BCUT2D eigenvalue weighted by Gasteiger charge is -2.09. The predicted octanol–water partition coefficient (Wildman–Crippen LogP) is 2.28. The van der Waals surface area contributed by atoms with Gasteiger partial charge in [0.2, 0.25) is 0 Å². The maximum atomic E-state index is 11.2. The summed E-state index contributed by atoms with van der Waals surface area (Å²) in [4.78, 5) is 24.3. The van der Waals surface area contributed by atoms with Gasteiger partial charge in [-0.25, -0.2) is 15.0 Å². The number of aromatic nitrogens is 4. The molecular weight excluding hydrogens is 320 g/mol. The van der Waals surface area contributed by atoms with Crippen LogP contribution in [0.2, 0.25) is 0 Å². The fraction of sp³-hybridized carbons (Fsp3) is 0.222. The highest BCUT2D eigenvalue weighted by Gasteiger charge is 2.17. The lowest BCUT2D eigenvalue weighted by Crippen LogP contribution is -2.09. The largest absolute Gasteiger partial charge is 0.480 e. The number of hydrogen-bond donors (Lipinski definition) is 1. The molecule has 0 fully saturated rings. The zero-order valence-corrected chi connectivity index (χ0v) is 13.8. The van der Waals surface area contributed by atoms with Crippen molar-refractivity contribution in [2.75, 3.05) is 13.7 Å². The number of imidazole rings is 1. The van der Waals surface area contributed by atoms with Crippen LogP contribution >= 0.6 is 0 Å². The highest BCUT2D eigenvalue weighted by Crippen LogP contribution is 2.30. The molecule has 0 unspecified atom stereocenters. The summed E-state index contributed by atoms with van der Waals surface area (Å²) in [6.07, 6.45) is 5.54. The predicted molar refractivity (Wildman–Crippen MR) is 91.9 cm³/mol. The minimum atomic E-state index is -0.934. The average Bonchev–Trinajstić information content (AvgIpc) is 3.04. The van der Waals surface area contributed by atoms with Crippen molar-refractivity contribution in [1.82, 2.24) is 19.5 Å². The summed E-state index contributed by atoms with van der Waals surface area (Å²) in [5.74, 6) is -0.257. The van der Waals surface area contributed by atoms with Crippen LogP contribution in [0, 0.1) is 0 Å². The van der Waals surface area contributed by atoms with E-state index >= 15 is 0 Å². The molecule has 0 saturated heterocycles. The highest BCUT2D eigenvalue weighted by molar-refractivity contribution is 5.79. The van der Waals surface area contributed by atoms with Crippen LogP contribution in [-0.2, 0) is 22.5 Å². The van der Waals surface area contributed by atoms with Crippen molar-refractivity contribution in [3.05, 3.63) is 54.9 Å². The maximum Gasteiger partial charge on any atom is 0.323 e. The summed E-state index contributed by atoms with van der Waals surface area (Å²) < 4.78 is 6.62. The van der Waals surface area contributed by atoms with Gasteiger partial charge in [0.25, 0.3) is 0 Å². The third kappa shape index (κ3) is 3.89. The first-order chi connectivity index (χ1) is 12.2. The van der Waals surface area contributed by atoms with Crippen LogP contribution in [0.5, 0.6) is 0 Å². The molecule has 2 heterocycles. The van der Waals surface area contributed by atoms with Gasteiger partial charge < -0.3 is 14.4 Å². The van der Waals surface area contributed by atoms with Gasteiger partial charge in [0.1, 0.15) is 12.4 Å². The van der Waals surface area contributed by atoms with E-state index in [2.05, 4.69) is 15.0 Å². The van der Waals surface area contributed by atoms with E-state index in [-0.39, 0.29) is 6.54 Å². The van der Waals surface area contributed by atoms with E-state index in [1.54, 1.807) is 24.1 Å². The van der Waals surface area contributed by atoms with Crippen molar-refractivity contribution in [2.24, 2.45) is 0 Å². The van der Waals surface area contributed by atoms with Crippen molar-refractivity contribution in [1.29, 1.82) is 0 Å². The third-order valence-corrected chi connectivity index (χ3v) is 3.70. The zero-order chi connectivity index (χ0) is 17.6. The Morgan fingerprint density at radius 1 is 1.12 bits per heavy atom. The van der Waals surface area contributed by atoms with Gasteiger partial charge in [0.05, 0.1) is 24.3 Å². The second-order valence-electron chi connectivity index (χ2n) is 5.46. The van der Waals surface area contributed by atoms with Crippen molar-refractivity contribution in [2.45, 2.75) is 13.0 Å². The summed E-state index contributed by atoms with van der Waals surface area (Å²) in [6.45, 7) is 0.367. The summed E-state index contributed by atoms with van der Waals surface area (Å²) in [5.41, 5.74) is 3.02. The molecule has 3 aromatic rings. The Labute approximate surface area is 145 Å². The first-order valence-electron chi connectivity index (χ1n) is 7.81. The molecule has 0 amide bonds. The fourth-order valence-corrected chi connectivity index (χ4v) is 2.56. The Hall–Kier alpha value is -3.06. The van der Waals surface area contributed by atoms with Crippen molar-refractivity contribution >= 4 is 5.97 Å². The molecule has 25 heavy (non-hydrogen) atoms. The lowest BCUT2D eigenvalue weighted by molar-refractivity contribution is -0.137. The van der Waals surface area contributed by atoms with Crippen LogP contribution in [0.25, 0.3) is 22.5 Å². The van der Waals surface area contributed by atoms with Crippen LogP contribution < -0.4 is 0 Å². The molecule has 0 aliphatic heterocycles. The Kier molecular flexibility index (Phi) is 5.15. The second kappa shape index (κ2) is 7.67. The molecule has 7 nitrogen and oxygen atoms in total. The van der Waals surface area contributed by atoms with E-state index in [9.17, 15) is 4.79 Å². The quantitative estimate of drug-likeness (QED) is 0.711. The van der Waals surface area contributed by atoms with Crippen molar-refractivity contribution in [3.8, 4) is 22.5 Å². The van der Waals surface area contributed by atoms with Gasteiger partial charge >= 0.3 is 5.97 Å². The normalized spacial score (nSPS) is 10.8. The molecule has 7 heteroatoms. The lowest BCUT2D eigenvalue weighted by atomic mass is 10.1. The first-order valence-corrected chi connectivity index (χ1v) is 7.81. The number of carbonyl (C=O) groups is 1. The van der Waals surface area contributed by atoms with Gasteiger partial charge in [-0.3, -0.25) is 4.79 Å². The third-order valence-electron chi connectivity index (χ3n) is 3.70. The molecule has 1 N–H and O–H groups in total. The molecule has 2 aromatic heterocycles. The number of nitrogens with zero attached hydrogens (tertiary/aromatic N) is 4. The van der Waals surface area contributed by atoms with E-state index in [0.29, 0.717) is 30.2 Å². The van der Waals surface area contributed by atoms with E-state index in [1.165, 1.54) is 6.33 Å². The fourth-order valence-electron chi connectivity index (χ4n) is 2.56. The van der Waals surface area contributed by atoms with Crippen molar-refractivity contribution < 1.29 is 14.6 Å². The minimum Gasteiger partial charge on any atom is -0.480 e. The highest BCUT2D eigenvalue weighted by atomic mass is 16.5. The number of carboxylic acids is 1. The number of benzene rings is 1. The van der Waals surface area contributed by atoms with Crippen LogP contribution in [0.4, 0.5) is 0 Å². The Bertz CT molecular complexity index is 845. The average molecular weight is 338 g/mol. The standard InChI is InChI=1S/C18H18N4O3/c1-25-8-7-15-19-9-14(10-20-15)18-17(13-5-3-2-4-6-13)21-12-22(18)11-16(23)24/h2-6,9-10,12H,7-8,11H2,1H3,(H,23,24). The van der Waals surface area contributed by atoms with Gasteiger partial charge in [-0.2, -0.15) is 0 Å². The molecule has 0 aliphatic carbocycles. The molecule has 3 rings (SSSR count). The smallest absolute Gasteiger partial charge is 0.323 e. The number of methoxy groups -OCH3 is 1. The van der Waals surface area contributed by atoms with E-state index in [0.717, 1.165) is 11.1 Å². The zero-order valence-electron chi connectivity index (χ0n) is 13.8. The van der Waals surface area contributed by atoms with Crippen LogP contribution in [0.3, 0.4) is 0 Å². The number of carboxylic acid groups (broad SMARTS) is 1. The maximum absolute atomic E-state index is 11.2. The molecule has 0 radical (unpaired) electrons. The van der Waals surface area contributed by atoms with Gasteiger partial charge in [-0.1, -0.05) is 30.3 Å². The first kappa shape index (κ1) is 16.8. The molecule has 128 valence electrons. The second-order valence-corrected chi connectivity index (χ2v) is 5.46. The Morgan fingerprint density at radius 2 is 1.84 bits per heavy atom.